The highest BCUT2D eigenvalue weighted by Gasteiger charge is 2.19. The largest absolute Gasteiger partial charge is 0.493 e. The average Bonchev–Trinajstić information content (AvgIpc) is 2.42. The molecule has 0 N–H and O–H groups in total. The third kappa shape index (κ3) is 5.07. The monoisotopic (exact) mass is 490 g/mol. The van der Waals surface area contributed by atoms with E-state index >= 15 is 0 Å². The van der Waals surface area contributed by atoms with E-state index in [2.05, 4.69) is 0 Å². The summed E-state index contributed by atoms with van der Waals surface area (Å²) in [5.74, 6) is 1.37. The van der Waals surface area contributed by atoms with Gasteiger partial charge in [-0.1, -0.05) is 12.1 Å². The Morgan fingerprint density at radius 1 is 1.32 bits per heavy atom. The predicted molar refractivity (Wildman–Crippen MR) is 90.3 cm³/mol. The van der Waals surface area contributed by atoms with Crippen molar-refractivity contribution in [3.05, 3.63) is 23.8 Å². The van der Waals surface area contributed by atoms with Gasteiger partial charge in [-0.25, -0.2) is 0 Å². The van der Waals surface area contributed by atoms with Gasteiger partial charge >= 0.3 is 0 Å². The second-order valence-corrected chi connectivity index (χ2v) is 5.62. The van der Waals surface area contributed by atoms with Crippen LogP contribution in [0.5, 0.6) is 11.5 Å². The Morgan fingerprint density at radius 3 is 2.58 bits per heavy atom. The van der Waals surface area contributed by atoms with Gasteiger partial charge in [0.1, 0.15) is 23.0 Å². The molecule has 1 atom stereocenters. The van der Waals surface area contributed by atoms with E-state index in [0.717, 1.165) is 18.4 Å². The van der Waals surface area contributed by atoms with Crippen molar-refractivity contribution in [2.75, 3.05) is 14.2 Å². The zero-order chi connectivity index (χ0) is 14.3. The van der Waals surface area contributed by atoms with E-state index in [-0.39, 0.29) is 9.89 Å². The summed E-state index contributed by atoms with van der Waals surface area (Å²) in [6.07, 6.45) is 2.00. The van der Waals surface area contributed by atoms with Gasteiger partial charge in [0.25, 0.3) is 0 Å². The third-order valence-electron chi connectivity index (χ3n) is 2.73. The van der Waals surface area contributed by atoms with E-state index < -0.39 is 0 Å². The summed E-state index contributed by atoms with van der Waals surface area (Å²) in [5, 5.41) is 0. The predicted octanol–water partition coefficient (Wildman–Crippen LogP) is 4.24. The summed E-state index contributed by atoms with van der Waals surface area (Å²) >= 11 is 3.70. The van der Waals surface area contributed by atoms with Gasteiger partial charge in [0.05, 0.1) is 20.3 Å². The number of halogens is 2. The fraction of sp³-hybridized carbons (Fsp3) is 0.462. The minimum atomic E-state index is -0.110. The molecular weight excluding hydrogens is 474 g/mol. The van der Waals surface area contributed by atoms with Gasteiger partial charge in [-0.05, 0) is 41.5 Å². The number of ether oxygens (including phenoxy) is 2. The highest BCUT2D eigenvalue weighted by Crippen LogP contribution is 2.38. The second kappa shape index (κ2) is 8.96. The Hall–Kier alpha value is -0.0900. The number of methoxy groups -OCH3 is 2. The van der Waals surface area contributed by atoms with Crippen LogP contribution in [0.3, 0.4) is 0 Å². The van der Waals surface area contributed by atoms with Crippen LogP contribution in [0.4, 0.5) is 0 Å². The molecule has 0 saturated heterocycles. The molecule has 19 heavy (non-hydrogen) atoms. The average molecular weight is 490 g/mol. The fourth-order valence-corrected chi connectivity index (χ4v) is 2.75. The van der Waals surface area contributed by atoms with E-state index in [1.54, 1.807) is 14.2 Å². The smallest absolute Gasteiger partial charge is 0.192 e. The van der Waals surface area contributed by atoms with Crippen molar-refractivity contribution < 1.29 is 17.3 Å². The lowest BCUT2D eigenvalue weighted by Gasteiger charge is -2.18. The van der Waals surface area contributed by atoms with Crippen molar-refractivity contribution in [3.8, 4) is 11.5 Å². The molecule has 1 aromatic carbocycles. The highest BCUT2D eigenvalue weighted by molar-refractivity contribution is 14.1. The lowest BCUT2D eigenvalue weighted by Crippen LogP contribution is -2.03. The Kier molecular flexibility index (Phi) is 8.00. The van der Waals surface area contributed by atoms with E-state index in [0.29, 0.717) is 17.9 Å². The molecule has 0 saturated carbocycles. The Labute approximate surface area is 141 Å². The van der Waals surface area contributed by atoms with Crippen LogP contribution in [0.2, 0.25) is 0 Å². The Bertz CT molecular complexity index is 423. The van der Waals surface area contributed by atoms with Crippen LogP contribution in [0, 0.1) is 0 Å². The zero-order valence-electron chi connectivity index (χ0n) is 10.8. The molecule has 0 heterocycles. The van der Waals surface area contributed by atoms with Crippen LogP contribution in [-0.2, 0) is 7.86 Å². The minimum Gasteiger partial charge on any atom is -0.493 e. The van der Waals surface area contributed by atoms with E-state index in [1.807, 2.05) is 63.8 Å². The molecule has 0 aliphatic carbocycles. The van der Waals surface area contributed by atoms with Crippen LogP contribution in [0.15, 0.2) is 18.2 Å². The topological polar surface area (TPSA) is 44.8 Å². The van der Waals surface area contributed by atoms with Crippen LogP contribution < -0.4 is 9.47 Å². The van der Waals surface area contributed by atoms with Gasteiger partial charge in [0, 0.05) is 12.0 Å². The first-order valence-electron chi connectivity index (χ1n) is 5.80. The molecule has 0 fully saturated rings. The first-order valence-corrected chi connectivity index (χ1v) is 7.76. The molecule has 0 spiro atoms. The molecule has 0 radical (unpaired) electrons. The van der Waals surface area contributed by atoms with Crippen molar-refractivity contribution in [2.24, 2.45) is 0 Å². The molecule has 106 valence electrons. The van der Waals surface area contributed by atoms with Gasteiger partial charge in [0.2, 0.25) is 0 Å². The molecule has 0 aliphatic rings. The number of carbonyl (C=O) groups is 1. The lowest BCUT2D eigenvalue weighted by atomic mass is 10.0. The number of hydrogen-bond donors (Lipinski definition) is 0. The quantitative estimate of drug-likeness (QED) is 0.404. The maximum Gasteiger partial charge on any atom is 0.192 e. The molecule has 1 rings (SSSR count). The number of hydrogen-bond acceptors (Lipinski definition) is 4. The van der Waals surface area contributed by atoms with Crippen LogP contribution in [0.25, 0.3) is 0 Å². The van der Waals surface area contributed by atoms with Gasteiger partial charge < -0.3 is 12.5 Å². The summed E-state index contributed by atoms with van der Waals surface area (Å²) in [7, 11) is 3.22. The lowest BCUT2D eigenvalue weighted by molar-refractivity contribution is -0.109. The normalized spacial score (nSPS) is 12.0. The zero-order valence-corrected chi connectivity index (χ0v) is 15.1. The molecular formula is C13H16I2O4. The summed E-state index contributed by atoms with van der Waals surface area (Å²) < 4.78 is 16.3. The molecule has 6 heteroatoms. The van der Waals surface area contributed by atoms with E-state index in [4.69, 9.17) is 12.5 Å². The van der Waals surface area contributed by atoms with Crippen molar-refractivity contribution in [1.29, 1.82) is 0 Å². The summed E-state index contributed by atoms with van der Waals surface area (Å²) in [4.78, 5) is 11.0. The number of benzene rings is 1. The summed E-state index contributed by atoms with van der Waals surface area (Å²) in [5.41, 5.74) is 0.942. The van der Waals surface area contributed by atoms with E-state index in [1.165, 1.54) is 0 Å². The number of rotatable bonds is 8. The molecule has 1 unspecified atom stereocenters. The summed E-state index contributed by atoms with van der Waals surface area (Å²) in [6.45, 7) is 0. The van der Waals surface area contributed by atoms with Gasteiger partial charge in [0.15, 0.2) is 15.3 Å². The minimum absolute atomic E-state index is 0.110. The highest BCUT2D eigenvalue weighted by atomic mass is 127. The van der Waals surface area contributed by atoms with Gasteiger partial charge in [-0.2, -0.15) is 0 Å². The molecule has 0 aromatic heterocycles. The van der Waals surface area contributed by atoms with Crippen LogP contribution in [-0.4, -0.2) is 18.0 Å². The van der Waals surface area contributed by atoms with Crippen molar-refractivity contribution in [3.63, 3.8) is 0 Å². The van der Waals surface area contributed by atoms with Gasteiger partial charge in [-0.3, -0.25) is 4.79 Å². The van der Waals surface area contributed by atoms with Crippen LogP contribution in [0.1, 0.15) is 30.9 Å². The maximum atomic E-state index is 11.0. The fourth-order valence-electron chi connectivity index (χ4n) is 1.84. The van der Waals surface area contributed by atoms with Crippen molar-refractivity contribution in [2.45, 2.75) is 25.4 Å². The van der Waals surface area contributed by atoms with Gasteiger partial charge in [-0.15, -0.1) is 0 Å². The van der Waals surface area contributed by atoms with Crippen molar-refractivity contribution >= 4 is 49.4 Å². The Balaban J connectivity index is 2.88. The molecule has 4 nitrogen and oxygen atoms in total. The molecule has 0 amide bonds. The van der Waals surface area contributed by atoms with E-state index in [9.17, 15) is 4.79 Å². The van der Waals surface area contributed by atoms with Crippen LogP contribution >= 0.6 is 45.6 Å². The third-order valence-corrected chi connectivity index (χ3v) is 3.88. The van der Waals surface area contributed by atoms with Crippen molar-refractivity contribution in [1.82, 2.24) is 0 Å². The first kappa shape index (κ1) is 17.0. The SMILES string of the molecule is COc1cccc(C(CCCC(=O)I)OI)c1OC. The number of carbonyl (C=O) groups excluding carboxylic acids is 1. The first-order chi connectivity index (χ1) is 9.13. The molecule has 0 aliphatic heterocycles. The summed E-state index contributed by atoms with van der Waals surface area (Å²) in [6, 6.07) is 5.71. The Morgan fingerprint density at radius 2 is 2.05 bits per heavy atom. The number of para-hydroxylation sites is 1. The standard InChI is InChI=1S/C13H16I2O4/c1-17-11-7-3-5-9(13(11)18-2)10(19-15)6-4-8-12(14)16/h3,5,7,10H,4,6,8H2,1-2H3. The molecule has 0 bridgehead atoms. The molecule has 1 aromatic rings. The maximum absolute atomic E-state index is 11.0. The second-order valence-electron chi connectivity index (χ2n) is 3.91.